The summed E-state index contributed by atoms with van der Waals surface area (Å²) in [5.41, 5.74) is 0. The van der Waals surface area contributed by atoms with Crippen LogP contribution in [-0.4, -0.2) is 36.6 Å². The second-order valence-electron chi connectivity index (χ2n) is 4.48. The van der Waals surface area contributed by atoms with E-state index in [2.05, 4.69) is 37.9 Å². The number of nitrogens with zero attached hydrogens (tertiary/aromatic N) is 2. The van der Waals surface area contributed by atoms with Gasteiger partial charge in [-0.25, -0.2) is 0 Å². The maximum absolute atomic E-state index is 12.7. The lowest BCUT2D eigenvalue weighted by atomic mass is 10.1. The Kier molecular flexibility index (Phi) is 6.02. The van der Waals surface area contributed by atoms with Gasteiger partial charge in [0.1, 0.15) is 0 Å². The van der Waals surface area contributed by atoms with Gasteiger partial charge in [0.25, 0.3) is 5.91 Å². The minimum atomic E-state index is 0.00329. The number of hydrogen-bond acceptors (Lipinski definition) is 4. The normalized spacial score (nSPS) is 15.8. The number of ether oxygens (including phenoxy) is 1. The van der Waals surface area contributed by atoms with Crippen molar-refractivity contribution in [2.75, 3.05) is 19.8 Å². The molecular formula is C13H14Br2N2O2S. The van der Waals surface area contributed by atoms with Crippen LogP contribution in [0.5, 0.6) is 0 Å². The molecule has 108 valence electrons. The monoisotopic (exact) mass is 420 g/mol. The van der Waals surface area contributed by atoms with Crippen molar-refractivity contribution < 1.29 is 9.53 Å². The molecule has 0 unspecified atom stereocenters. The van der Waals surface area contributed by atoms with Gasteiger partial charge in [-0.15, -0.1) is 11.3 Å². The first-order valence-corrected chi connectivity index (χ1v) is 8.74. The van der Waals surface area contributed by atoms with E-state index in [4.69, 9.17) is 10.00 Å². The molecular weight excluding hydrogens is 408 g/mol. The van der Waals surface area contributed by atoms with Gasteiger partial charge < -0.3 is 9.64 Å². The summed E-state index contributed by atoms with van der Waals surface area (Å²) in [6, 6.07) is 4.12. The minimum Gasteiger partial charge on any atom is -0.381 e. The van der Waals surface area contributed by atoms with E-state index in [9.17, 15) is 4.79 Å². The Morgan fingerprint density at radius 1 is 1.50 bits per heavy atom. The number of carbonyl (C=O) groups excluding carboxylic acids is 1. The van der Waals surface area contributed by atoms with E-state index in [1.54, 1.807) is 0 Å². The van der Waals surface area contributed by atoms with E-state index in [1.165, 1.54) is 11.3 Å². The number of halogens is 2. The Morgan fingerprint density at radius 3 is 2.75 bits per heavy atom. The van der Waals surface area contributed by atoms with E-state index in [1.807, 2.05) is 11.0 Å². The molecule has 1 amide bonds. The number of hydrogen-bond donors (Lipinski definition) is 0. The summed E-state index contributed by atoms with van der Waals surface area (Å²) in [6.45, 7) is 1.84. The van der Waals surface area contributed by atoms with Crippen LogP contribution in [0.4, 0.5) is 0 Å². The van der Waals surface area contributed by atoms with Gasteiger partial charge in [0.05, 0.1) is 21.2 Å². The lowest BCUT2D eigenvalue weighted by Gasteiger charge is -2.33. The van der Waals surface area contributed by atoms with Crippen LogP contribution >= 0.6 is 43.2 Å². The maximum atomic E-state index is 12.7. The highest BCUT2D eigenvalue weighted by atomic mass is 79.9. The molecule has 1 saturated heterocycles. The molecule has 0 aromatic carbocycles. The van der Waals surface area contributed by atoms with E-state index in [0.29, 0.717) is 31.1 Å². The highest BCUT2D eigenvalue weighted by Gasteiger charge is 2.27. The van der Waals surface area contributed by atoms with E-state index < -0.39 is 0 Å². The lowest BCUT2D eigenvalue weighted by molar-refractivity contribution is 0.0299. The van der Waals surface area contributed by atoms with Crippen molar-refractivity contribution in [2.45, 2.75) is 25.3 Å². The Morgan fingerprint density at radius 2 is 2.20 bits per heavy atom. The van der Waals surface area contributed by atoms with Crippen molar-refractivity contribution in [3.63, 3.8) is 0 Å². The summed E-state index contributed by atoms with van der Waals surface area (Å²) in [5, 5.41) is 8.79. The Bertz CT molecular complexity index is 501. The van der Waals surface area contributed by atoms with Gasteiger partial charge in [0.2, 0.25) is 0 Å². The standard InChI is InChI=1S/C13H14Br2N2O2S/c14-10-8-11(20-12(10)15)13(18)17(5-1-4-16)9-2-6-19-7-3-9/h8-9H,1-3,5-7H2. The highest BCUT2D eigenvalue weighted by molar-refractivity contribution is 9.13. The van der Waals surface area contributed by atoms with Gasteiger partial charge in [0.15, 0.2) is 0 Å². The molecule has 2 heterocycles. The Hall–Kier alpha value is -0.420. The van der Waals surface area contributed by atoms with Crippen LogP contribution < -0.4 is 0 Å². The molecule has 0 aliphatic carbocycles. The van der Waals surface area contributed by atoms with Crippen LogP contribution in [0.3, 0.4) is 0 Å². The van der Waals surface area contributed by atoms with Crippen LogP contribution in [0.25, 0.3) is 0 Å². The summed E-state index contributed by atoms with van der Waals surface area (Å²) in [5.74, 6) is 0.00329. The molecule has 1 aliphatic rings. The summed E-state index contributed by atoms with van der Waals surface area (Å²) in [7, 11) is 0. The first-order valence-electron chi connectivity index (χ1n) is 6.34. The van der Waals surface area contributed by atoms with Crippen LogP contribution in [0, 0.1) is 11.3 Å². The molecule has 1 fully saturated rings. The Labute approximate surface area is 139 Å². The zero-order chi connectivity index (χ0) is 14.5. The van der Waals surface area contributed by atoms with Crippen LogP contribution in [0.1, 0.15) is 28.9 Å². The smallest absolute Gasteiger partial charge is 0.264 e. The Balaban J connectivity index is 2.16. The second kappa shape index (κ2) is 7.55. The third-order valence-electron chi connectivity index (χ3n) is 3.21. The number of nitriles is 1. The molecule has 0 radical (unpaired) electrons. The molecule has 0 atom stereocenters. The van der Waals surface area contributed by atoms with Crippen molar-refractivity contribution in [1.29, 1.82) is 5.26 Å². The van der Waals surface area contributed by atoms with E-state index in [-0.39, 0.29) is 11.9 Å². The van der Waals surface area contributed by atoms with Crippen molar-refractivity contribution in [1.82, 2.24) is 4.90 Å². The first-order chi connectivity index (χ1) is 9.63. The fraction of sp³-hybridized carbons (Fsp3) is 0.538. The van der Waals surface area contributed by atoms with Gasteiger partial charge >= 0.3 is 0 Å². The summed E-state index contributed by atoms with van der Waals surface area (Å²) < 4.78 is 7.14. The molecule has 0 N–H and O–H groups in total. The average Bonchev–Trinajstić information content (AvgIpc) is 2.80. The largest absolute Gasteiger partial charge is 0.381 e. The third-order valence-corrected chi connectivity index (χ3v) is 6.46. The van der Waals surface area contributed by atoms with E-state index in [0.717, 1.165) is 21.1 Å². The fourth-order valence-corrected chi connectivity index (χ4v) is 4.20. The van der Waals surface area contributed by atoms with Crippen molar-refractivity contribution in [2.24, 2.45) is 0 Å². The molecule has 1 aromatic heterocycles. The van der Waals surface area contributed by atoms with Crippen molar-refractivity contribution in [3.8, 4) is 6.07 Å². The van der Waals surface area contributed by atoms with Crippen molar-refractivity contribution in [3.05, 3.63) is 19.2 Å². The average molecular weight is 422 g/mol. The van der Waals surface area contributed by atoms with Crippen LogP contribution in [0.2, 0.25) is 0 Å². The van der Waals surface area contributed by atoms with Gasteiger partial charge in [-0.1, -0.05) is 0 Å². The SMILES string of the molecule is N#CCCN(C(=O)c1cc(Br)c(Br)s1)C1CCOCC1. The quantitative estimate of drug-likeness (QED) is 0.742. The molecule has 0 spiro atoms. The zero-order valence-electron chi connectivity index (χ0n) is 10.8. The first kappa shape index (κ1) is 16.0. The molecule has 0 bridgehead atoms. The van der Waals surface area contributed by atoms with Crippen LogP contribution in [0.15, 0.2) is 14.3 Å². The number of amides is 1. The fourth-order valence-electron chi connectivity index (χ4n) is 2.21. The number of thiophene rings is 1. The topological polar surface area (TPSA) is 53.3 Å². The second-order valence-corrected chi connectivity index (χ2v) is 7.71. The predicted molar refractivity (Wildman–Crippen MR) is 84.8 cm³/mol. The molecule has 0 saturated carbocycles. The van der Waals surface area contributed by atoms with Gasteiger partial charge in [-0.2, -0.15) is 5.26 Å². The summed E-state index contributed by atoms with van der Waals surface area (Å²) in [6.07, 6.45) is 2.03. The number of rotatable bonds is 4. The zero-order valence-corrected chi connectivity index (χ0v) is 14.8. The van der Waals surface area contributed by atoms with E-state index >= 15 is 0 Å². The molecule has 1 aliphatic heterocycles. The molecule has 20 heavy (non-hydrogen) atoms. The summed E-state index contributed by atoms with van der Waals surface area (Å²) >= 11 is 8.23. The highest BCUT2D eigenvalue weighted by Crippen LogP contribution is 2.33. The van der Waals surface area contributed by atoms with Gasteiger partial charge in [-0.3, -0.25) is 4.79 Å². The number of carbonyl (C=O) groups is 1. The maximum Gasteiger partial charge on any atom is 0.264 e. The molecule has 4 nitrogen and oxygen atoms in total. The van der Waals surface area contributed by atoms with Crippen molar-refractivity contribution >= 4 is 49.1 Å². The third kappa shape index (κ3) is 3.82. The predicted octanol–water partition coefficient (Wildman–Crippen LogP) is 3.81. The summed E-state index contributed by atoms with van der Waals surface area (Å²) in [4.78, 5) is 15.2. The molecule has 7 heteroatoms. The van der Waals surface area contributed by atoms with Gasteiger partial charge in [0, 0.05) is 30.3 Å². The molecule has 1 aromatic rings. The minimum absolute atomic E-state index is 0.00329. The van der Waals surface area contributed by atoms with Gasteiger partial charge in [-0.05, 0) is 50.8 Å². The molecule has 2 rings (SSSR count). The van der Waals surface area contributed by atoms with Crippen LogP contribution in [-0.2, 0) is 4.74 Å². The lowest BCUT2D eigenvalue weighted by Crippen LogP contribution is -2.43.